The van der Waals surface area contributed by atoms with E-state index in [1.165, 1.54) is 7.05 Å². The molecule has 0 saturated carbocycles. The number of rotatable bonds is 8. The van der Waals surface area contributed by atoms with Gasteiger partial charge in [-0.05, 0) is 37.8 Å². The average molecular weight is 423 g/mol. The Hall–Kier alpha value is -2.61. The lowest BCUT2D eigenvalue weighted by Gasteiger charge is -2.23. The van der Waals surface area contributed by atoms with Crippen molar-refractivity contribution < 1.29 is 19.2 Å². The number of carbonyl (C=O) groups excluding carboxylic acids is 4. The molecule has 5 amide bonds. The Bertz CT molecular complexity index is 813. The number of benzene rings is 1. The first kappa shape index (κ1) is 22.7. The van der Waals surface area contributed by atoms with Crippen molar-refractivity contribution >= 4 is 41.0 Å². The molecule has 0 bridgehead atoms. The quantitative estimate of drug-likeness (QED) is 0.628. The van der Waals surface area contributed by atoms with Crippen molar-refractivity contribution in [1.29, 1.82) is 0 Å². The van der Waals surface area contributed by atoms with Gasteiger partial charge in [0.25, 0.3) is 5.91 Å². The second-order valence-electron chi connectivity index (χ2n) is 7.86. The molecule has 9 heteroatoms. The summed E-state index contributed by atoms with van der Waals surface area (Å²) in [5.41, 5.74) is -0.572. The van der Waals surface area contributed by atoms with Crippen LogP contribution in [0.25, 0.3) is 0 Å². The van der Waals surface area contributed by atoms with Gasteiger partial charge in [-0.2, -0.15) is 0 Å². The number of nitrogens with one attached hydrogen (secondary N) is 2. The average Bonchev–Trinajstić information content (AvgIpc) is 2.85. The van der Waals surface area contributed by atoms with E-state index in [9.17, 15) is 19.2 Å². The molecule has 29 heavy (non-hydrogen) atoms. The normalized spacial score (nSPS) is 18.8. The fourth-order valence-electron chi connectivity index (χ4n) is 2.95. The minimum atomic E-state index is -1.01. The van der Waals surface area contributed by atoms with Crippen LogP contribution in [-0.2, 0) is 14.4 Å². The molecule has 2 N–H and O–H groups in total. The Morgan fingerprint density at radius 2 is 1.93 bits per heavy atom. The third-order valence-corrected chi connectivity index (χ3v) is 5.14. The topological polar surface area (TPSA) is 98.8 Å². The molecule has 1 fully saturated rings. The highest BCUT2D eigenvalue weighted by molar-refractivity contribution is 6.33. The van der Waals surface area contributed by atoms with Gasteiger partial charge in [0.05, 0.1) is 17.3 Å². The third-order valence-electron chi connectivity index (χ3n) is 4.81. The van der Waals surface area contributed by atoms with E-state index >= 15 is 0 Å². The van der Waals surface area contributed by atoms with E-state index in [4.69, 9.17) is 11.6 Å². The summed E-state index contributed by atoms with van der Waals surface area (Å²) < 4.78 is 0. The predicted octanol–water partition coefficient (Wildman–Crippen LogP) is 2.48. The predicted molar refractivity (Wildman–Crippen MR) is 110 cm³/mol. The van der Waals surface area contributed by atoms with Gasteiger partial charge in [-0.1, -0.05) is 37.6 Å². The summed E-state index contributed by atoms with van der Waals surface area (Å²) in [7, 11) is 1.44. The van der Waals surface area contributed by atoms with Gasteiger partial charge in [-0.25, -0.2) is 4.79 Å². The number of hydrogen-bond donors (Lipinski definition) is 2. The lowest BCUT2D eigenvalue weighted by molar-refractivity contribution is -0.139. The zero-order valence-corrected chi connectivity index (χ0v) is 17.9. The maximum atomic E-state index is 12.7. The molecule has 1 aliphatic heterocycles. The highest BCUT2D eigenvalue weighted by Gasteiger charge is 2.48. The van der Waals surface area contributed by atoms with Crippen molar-refractivity contribution in [3.05, 3.63) is 29.3 Å². The van der Waals surface area contributed by atoms with Crippen molar-refractivity contribution in [2.24, 2.45) is 5.92 Å². The van der Waals surface area contributed by atoms with E-state index in [2.05, 4.69) is 10.6 Å². The van der Waals surface area contributed by atoms with E-state index in [-0.39, 0.29) is 6.54 Å². The molecular weight excluding hydrogens is 396 g/mol. The number of para-hydroxylation sites is 1. The van der Waals surface area contributed by atoms with Gasteiger partial charge >= 0.3 is 6.03 Å². The first-order valence-corrected chi connectivity index (χ1v) is 9.83. The van der Waals surface area contributed by atoms with Crippen LogP contribution in [0.1, 0.15) is 33.6 Å². The molecule has 1 heterocycles. The Balaban J connectivity index is 1.93. The van der Waals surface area contributed by atoms with Crippen molar-refractivity contribution in [1.82, 2.24) is 15.1 Å². The maximum Gasteiger partial charge on any atom is 0.325 e. The number of hydrogen-bond acceptors (Lipinski definition) is 4. The summed E-state index contributed by atoms with van der Waals surface area (Å²) >= 11 is 6.00. The highest BCUT2D eigenvalue weighted by atomic mass is 35.5. The summed E-state index contributed by atoms with van der Waals surface area (Å²) in [5.74, 6) is -0.996. The van der Waals surface area contributed by atoms with Crippen molar-refractivity contribution in [3.8, 4) is 0 Å². The third kappa shape index (κ3) is 5.69. The first-order chi connectivity index (χ1) is 13.5. The van der Waals surface area contributed by atoms with Crippen LogP contribution >= 0.6 is 11.6 Å². The van der Waals surface area contributed by atoms with Crippen LogP contribution < -0.4 is 10.6 Å². The van der Waals surface area contributed by atoms with Crippen LogP contribution in [-0.4, -0.2) is 59.2 Å². The van der Waals surface area contributed by atoms with Gasteiger partial charge in [0.1, 0.15) is 12.1 Å². The zero-order chi connectivity index (χ0) is 21.8. The van der Waals surface area contributed by atoms with E-state index < -0.39 is 35.8 Å². The Labute approximate surface area is 175 Å². The molecular formula is C20H27ClN4O4. The van der Waals surface area contributed by atoms with E-state index in [1.807, 2.05) is 13.8 Å². The number of amides is 5. The van der Waals surface area contributed by atoms with Gasteiger partial charge < -0.3 is 15.5 Å². The SMILES string of the molecule is CC(C)CC[C@@]1(C)NC(=O)N(CC(=O)N(C)CC(=O)Nc2ccccc2Cl)C1=O. The van der Waals surface area contributed by atoms with Gasteiger partial charge in [-0.15, -0.1) is 0 Å². The first-order valence-electron chi connectivity index (χ1n) is 9.46. The Morgan fingerprint density at radius 1 is 1.28 bits per heavy atom. The summed E-state index contributed by atoms with van der Waals surface area (Å²) in [6, 6.07) is 6.15. The molecule has 1 aromatic carbocycles. The van der Waals surface area contributed by atoms with Crippen molar-refractivity contribution in [2.45, 2.75) is 39.2 Å². The van der Waals surface area contributed by atoms with E-state index in [0.29, 0.717) is 23.0 Å². The molecule has 1 saturated heterocycles. The molecule has 158 valence electrons. The van der Waals surface area contributed by atoms with Crippen molar-refractivity contribution in [2.75, 3.05) is 25.5 Å². The monoisotopic (exact) mass is 422 g/mol. The summed E-state index contributed by atoms with van der Waals surface area (Å²) in [5, 5.41) is 5.69. The number of imide groups is 1. The van der Waals surface area contributed by atoms with E-state index in [1.54, 1.807) is 31.2 Å². The van der Waals surface area contributed by atoms with Crippen LogP contribution in [0, 0.1) is 5.92 Å². The van der Waals surface area contributed by atoms with Gasteiger partial charge in [0.2, 0.25) is 11.8 Å². The number of carbonyl (C=O) groups is 4. The number of likely N-dealkylation sites (N-methyl/N-ethyl adjacent to an activating group) is 1. The highest BCUT2D eigenvalue weighted by Crippen LogP contribution is 2.25. The number of nitrogens with zero attached hydrogens (tertiary/aromatic N) is 2. The molecule has 0 radical (unpaired) electrons. The molecule has 2 rings (SSSR count). The molecule has 1 aliphatic rings. The number of halogens is 1. The second kappa shape index (κ2) is 9.26. The molecule has 0 aromatic heterocycles. The van der Waals surface area contributed by atoms with E-state index in [0.717, 1.165) is 16.2 Å². The van der Waals surface area contributed by atoms with Crippen LogP contribution in [0.3, 0.4) is 0 Å². The molecule has 1 atom stereocenters. The molecule has 0 unspecified atom stereocenters. The summed E-state index contributed by atoms with van der Waals surface area (Å²) in [6.45, 7) is 5.08. The molecule has 0 aliphatic carbocycles. The van der Waals surface area contributed by atoms with Gasteiger partial charge in [-0.3, -0.25) is 19.3 Å². The van der Waals surface area contributed by atoms with Crippen LogP contribution in [0.15, 0.2) is 24.3 Å². The van der Waals surface area contributed by atoms with Crippen molar-refractivity contribution in [3.63, 3.8) is 0 Å². The lowest BCUT2D eigenvalue weighted by atomic mass is 9.92. The maximum absolute atomic E-state index is 12.7. The van der Waals surface area contributed by atoms with Crippen LogP contribution in [0.5, 0.6) is 0 Å². The second-order valence-corrected chi connectivity index (χ2v) is 8.27. The molecule has 8 nitrogen and oxygen atoms in total. The number of urea groups is 1. The Kier molecular flexibility index (Phi) is 7.24. The smallest absolute Gasteiger partial charge is 0.325 e. The van der Waals surface area contributed by atoms with Gasteiger partial charge in [0.15, 0.2) is 0 Å². The van der Waals surface area contributed by atoms with Crippen LogP contribution in [0.2, 0.25) is 5.02 Å². The van der Waals surface area contributed by atoms with Crippen LogP contribution in [0.4, 0.5) is 10.5 Å². The fraction of sp³-hybridized carbons (Fsp3) is 0.500. The largest absolute Gasteiger partial charge is 0.335 e. The molecule has 1 aromatic rings. The molecule has 0 spiro atoms. The fourth-order valence-corrected chi connectivity index (χ4v) is 3.13. The number of anilines is 1. The lowest BCUT2D eigenvalue weighted by Crippen LogP contribution is -2.46. The Morgan fingerprint density at radius 3 is 2.55 bits per heavy atom. The zero-order valence-electron chi connectivity index (χ0n) is 17.1. The van der Waals surface area contributed by atoms with Gasteiger partial charge in [0, 0.05) is 7.05 Å². The standard InChI is InChI=1S/C20H27ClN4O4/c1-13(2)9-10-20(3)18(28)25(19(29)23-20)12-17(27)24(4)11-16(26)22-15-8-6-5-7-14(15)21/h5-8,13H,9-12H2,1-4H3,(H,22,26)(H,23,29)/t20-/m1/s1. The summed E-state index contributed by atoms with van der Waals surface area (Å²) in [6.07, 6.45) is 1.27. The summed E-state index contributed by atoms with van der Waals surface area (Å²) in [4.78, 5) is 51.6. The minimum Gasteiger partial charge on any atom is -0.335 e. The minimum absolute atomic E-state index is 0.238.